The third-order valence-electron chi connectivity index (χ3n) is 5.28. The molecule has 0 radical (unpaired) electrons. The molecule has 0 aliphatic carbocycles. The van der Waals surface area contributed by atoms with Gasteiger partial charge in [-0.25, -0.2) is 0 Å². The van der Waals surface area contributed by atoms with E-state index in [0.717, 1.165) is 0 Å². The number of hydrogen-bond acceptors (Lipinski definition) is 2. The number of fused-ring (bicyclic) bond motifs is 2. The Balaban J connectivity index is 1.56. The number of para-hydroxylation sites is 4. The van der Waals surface area contributed by atoms with Crippen LogP contribution in [0.5, 0.6) is 0 Å². The van der Waals surface area contributed by atoms with Crippen LogP contribution >= 0.6 is 45.7 Å². The fourth-order valence-corrected chi connectivity index (χ4v) is 5.28. The quantitative estimate of drug-likeness (QED) is 0.183. The highest BCUT2D eigenvalue weighted by atomic mass is 127. The van der Waals surface area contributed by atoms with Gasteiger partial charge in [-0.3, -0.25) is 0 Å². The molecule has 2 unspecified atom stereocenters. The minimum Gasteiger partial charge on any atom is -0.435 e. The van der Waals surface area contributed by atoms with E-state index in [-0.39, 0.29) is 0 Å². The van der Waals surface area contributed by atoms with Crippen molar-refractivity contribution < 1.29 is 0 Å². The molecule has 3 aromatic carbocycles. The third-order valence-corrected chi connectivity index (χ3v) is 6.81. The lowest BCUT2D eigenvalue weighted by Gasteiger charge is -2.35. The Bertz CT molecular complexity index is 983. The van der Waals surface area contributed by atoms with Crippen molar-refractivity contribution in [2.24, 2.45) is 0 Å². The molecule has 28 heavy (non-hydrogen) atoms. The molecule has 142 valence electrons. The van der Waals surface area contributed by atoms with Gasteiger partial charge < -0.3 is 15.2 Å². The summed E-state index contributed by atoms with van der Waals surface area (Å²) in [6, 6.07) is 26.0. The molecule has 0 saturated heterocycles. The highest BCUT2D eigenvalue weighted by Crippen LogP contribution is 2.51. The predicted molar refractivity (Wildman–Crippen MR) is 136 cm³/mol. The van der Waals surface area contributed by atoms with Gasteiger partial charge in [-0.15, -0.1) is 0 Å². The molecule has 2 atom stereocenters. The first-order valence-corrected chi connectivity index (χ1v) is 11.0. The van der Waals surface area contributed by atoms with Crippen LogP contribution in [0.3, 0.4) is 0 Å². The molecule has 3 aromatic rings. The molecule has 0 amide bonds. The number of rotatable bonds is 2. The van der Waals surface area contributed by atoms with Crippen LogP contribution < -0.4 is 15.2 Å². The maximum atomic E-state index is 2.47. The van der Waals surface area contributed by atoms with Gasteiger partial charge in [0.05, 0.1) is 25.5 Å². The van der Waals surface area contributed by atoms with Crippen molar-refractivity contribution in [1.82, 2.24) is 5.39 Å². The van der Waals surface area contributed by atoms with Crippen molar-refractivity contribution in [3.8, 4) is 0 Å². The number of quaternary nitrogens is 2. The van der Waals surface area contributed by atoms with Gasteiger partial charge in [0, 0.05) is 11.4 Å². The van der Waals surface area contributed by atoms with E-state index >= 15 is 0 Å². The maximum Gasteiger partial charge on any atom is 0.224 e. The lowest BCUT2D eigenvalue weighted by atomic mass is 10.2. The molecule has 6 heteroatoms. The summed E-state index contributed by atoms with van der Waals surface area (Å²) in [7, 11) is 4.40. The lowest BCUT2D eigenvalue weighted by Crippen LogP contribution is -2.30. The fraction of sp³-hybridized carbons (Fsp3) is 0.0909. The zero-order chi connectivity index (χ0) is 19.5. The monoisotopic (exact) mass is 594 g/mol. The van der Waals surface area contributed by atoms with Crippen LogP contribution in [0.25, 0.3) is 0 Å². The van der Waals surface area contributed by atoms with Crippen LogP contribution in [0.1, 0.15) is 0 Å². The zero-order valence-electron chi connectivity index (χ0n) is 15.6. The van der Waals surface area contributed by atoms with Crippen molar-refractivity contribution in [1.29, 1.82) is 0 Å². The predicted octanol–water partition coefficient (Wildman–Crippen LogP) is 6.80. The molecular weight excluding hydrogens is 574 g/mol. The van der Waals surface area contributed by atoms with E-state index in [0.29, 0.717) is 5.39 Å². The molecule has 2 aliphatic heterocycles. The molecule has 0 aromatic heterocycles. The van der Waals surface area contributed by atoms with Gasteiger partial charge in [0.15, 0.2) is 0 Å². The van der Waals surface area contributed by atoms with Crippen LogP contribution in [0.4, 0.5) is 34.1 Å². The molecule has 0 bridgehead atoms. The first-order chi connectivity index (χ1) is 13.4. The van der Waals surface area contributed by atoms with Crippen LogP contribution in [0.2, 0.25) is 0 Å². The van der Waals surface area contributed by atoms with E-state index in [1.54, 1.807) is 0 Å². The van der Waals surface area contributed by atoms with Gasteiger partial charge in [0.25, 0.3) is 0 Å². The SMILES string of the molecule is C[N+]1(I)[CH-]N(c2cccc(N3[CH-][N+](C)(I)c4ccccc43)c2)c2ccccc21. The van der Waals surface area contributed by atoms with Gasteiger partial charge in [0.2, 0.25) is 45.7 Å². The number of anilines is 4. The van der Waals surface area contributed by atoms with Gasteiger partial charge in [-0.05, 0) is 55.8 Å². The van der Waals surface area contributed by atoms with Crippen LogP contribution in [-0.2, 0) is 0 Å². The number of hydrogen-bond donors (Lipinski definition) is 0. The van der Waals surface area contributed by atoms with Gasteiger partial charge >= 0.3 is 0 Å². The van der Waals surface area contributed by atoms with E-state index < -0.39 is 0 Å². The maximum absolute atomic E-state index is 2.47. The molecule has 0 spiro atoms. The second kappa shape index (κ2) is 6.58. The van der Waals surface area contributed by atoms with Crippen LogP contribution in [0, 0.1) is 13.3 Å². The van der Waals surface area contributed by atoms with Crippen LogP contribution in [-0.4, -0.2) is 14.1 Å². The smallest absolute Gasteiger partial charge is 0.224 e. The minimum absolute atomic E-state index is 0.708. The van der Waals surface area contributed by atoms with Gasteiger partial charge in [0.1, 0.15) is 11.4 Å². The Kier molecular flexibility index (Phi) is 4.38. The number of nitrogens with zero attached hydrogens (tertiary/aromatic N) is 4. The van der Waals surface area contributed by atoms with Crippen molar-refractivity contribution in [2.75, 3.05) is 23.9 Å². The van der Waals surface area contributed by atoms with Gasteiger partial charge in [-0.2, -0.15) is 0 Å². The molecule has 0 saturated carbocycles. The van der Waals surface area contributed by atoms with Crippen molar-refractivity contribution in [3.63, 3.8) is 0 Å². The topological polar surface area (TPSA) is 6.48 Å². The lowest BCUT2D eigenvalue weighted by molar-refractivity contribution is 0.723. The Labute approximate surface area is 194 Å². The van der Waals surface area contributed by atoms with E-state index in [1.807, 2.05) is 0 Å². The molecule has 5 rings (SSSR count). The van der Waals surface area contributed by atoms with E-state index in [2.05, 4.69) is 156 Å². The highest BCUT2D eigenvalue weighted by Gasteiger charge is 2.32. The summed E-state index contributed by atoms with van der Waals surface area (Å²) in [6.07, 6.45) is 0. The molecular formula is C22H20I2N4. The average molecular weight is 594 g/mol. The van der Waals surface area contributed by atoms with E-state index in [9.17, 15) is 0 Å². The first kappa shape index (κ1) is 18.7. The molecule has 2 heterocycles. The van der Waals surface area contributed by atoms with E-state index in [4.69, 9.17) is 0 Å². The summed E-state index contributed by atoms with van der Waals surface area (Å²) in [5.74, 6) is 0. The van der Waals surface area contributed by atoms with Gasteiger partial charge in [-0.1, -0.05) is 30.3 Å². The van der Waals surface area contributed by atoms with Crippen molar-refractivity contribution >= 4 is 79.9 Å². The summed E-state index contributed by atoms with van der Waals surface area (Å²) >= 11 is 4.94. The normalized spacial score (nSPS) is 25.7. The second-order valence-electron chi connectivity index (χ2n) is 7.39. The summed E-state index contributed by atoms with van der Waals surface area (Å²) in [4.78, 5) is 4.59. The Morgan fingerprint density at radius 1 is 0.643 bits per heavy atom. The summed E-state index contributed by atoms with van der Waals surface area (Å²) in [5, 5.41) is 0. The summed E-state index contributed by atoms with van der Waals surface area (Å²) in [5.41, 5.74) is 7.40. The number of benzene rings is 3. The Morgan fingerprint density at radius 2 is 1.07 bits per heavy atom. The minimum atomic E-state index is 0.708. The third kappa shape index (κ3) is 2.92. The van der Waals surface area contributed by atoms with Crippen molar-refractivity contribution in [3.05, 3.63) is 86.1 Å². The standard InChI is InChI=1S/C22H20I2N4/c1-27(23)15-25(19-10-3-5-12-21(19)27)17-8-7-9-18(14-17)26-16-28(2,24)22-13-6-4-11-20(22)26/h3-16H,1-2H3. The summed E-state index contributed by atoms with van der Waals surface area (Å²) in [6.45, 7) is 4.51. The first-order valence-electron chi connectivity index (χ1n) is 9.08. The number of halogens is 2. The Morgan fingerprint density at radius 3 is 1.54 bits per heavy atom. The largest absolute Gasteiger partial charge is 0.435 e. The summed E-state index contributed by atoms with van der Waals surface area (Å²) < 4.78 is 1.42. The second-order valence-corrected chi connectivity index (χ2v) is 11.4. The molecule has 2 aliphatic rings. The molecule has 0 N–H and O–H groups in total. The Hall–Kier alpha value is -1.36. The van der Waals surface area contributed by atoms with Crippen LogP contribution in [0.15, 0.2) is 72.8 Å². The average Bonchev–Trinajstić information content (AvgIpc) is 3.13. The molecule has 0 fully saturated rings. The zero-order valence-corrected chi connectivity index (χ0v) is 19.9. The molecule has 4 nitrogen and oxygen atoms in total. The van der Waals surface area contributed by atoms with Crippen molar-refractivity contribution in [2.45, 2.75) is 0 Å². The highest BCUT2D eigenvalue weighted by molar-refractivity contribution is 14.1. The fourth-order valence-electron chi connectivity index (χ4n) is 3.96. The van der Waals surface area contributed by atoms with E-state index in [1.165, 1.54) is 34.1 Å².